The van der Waals surface area contributed by atoms with E-state index in [1.807, 2.05) is 24.4 Å². The third kappa shape index (κ3) is 2.66. The summed E-state index contributed by atoms with van der Waals surface area (Å²) in [5.74, 6) is 0. The average Bonchev–Trinajstić information content (AvgIpc) is 2.97. The smallest absolute Gasteiger partial charge is 0.264 e. The highest BCUT2D eigenvalue weighted by molar-refractivity contribution is 7.13. The molecule has 0 saturated heterocycles. The van der Waals surface area contributed by atoms with Crippen LogP contribution in [0.3, 0.4) is 0 Å². The van der Waals surface area contributed by atoms with Gasteiger partial charge in [-0.25, -0.2) is 4.98 Å². The molecule has 0 N–H and O–H groups in total. The zero-order chi connectivity index (χ0) is 14.8. The van der Waals surface area contributed by atoms with Gasteiger partial charge in [0.1, 0.15) is 5.01 Å². The Kier molecular flexibility index (Phi) is 3.45. The summed E-state index contributed by atoms with van der Waals surface area (Å²) in [6.07, 6.45) is 3.53. The first-order valence-electron chi connectivity index (χ1n) is 6.26. The molecule has 0 aliphatic heterocycles. The lowest BCUT2D eigenvalue weighted by Crippen LogP contribution is -1.88. The number of pyridine rings is 1. The fourth-order valence-corrected chi connectivity index (χ4v) is 2.90. The summed E-state index contributed by atoms with van der Waals surface area (Å²) in [5, 5.41) is 13.6. The van der Waals surface area contributed by atoms with Crippen molar-refractivity contribution < 1.29 is 4.92 Å². The van der Waals surface area contributed by atoms with E-state index < -0.39 is 4.92 Å². The molecule has 0 aliphatic rings. The fourth-order valence-electron chi connectivity index (χ4n) is 2.00. The summed E-state index contributed by atoms with van der Waals surface area (Å²) >= 11 is 1.50. The zero-order valence-electron chi connectivity index (χ0n) is 11.2. The van der Waals surface area contributed by atoms with Crippen molar-refractivity contribution in [2.75, 3.05) is 0 Å². The first-order chi connectivity index (χ1) is 10.1. The maximum absolute atomic E-state index is 10.8. The van der Waals surface area contributed by atoms with Gasteiger partial charge in [0.25, 0.3) is 5.69 Å². The summed E-state index contributed by atoms with van der Waals surface area (Å²) < 4.78 is 0. The molecule has 0 saturated carbocycles. The minimum atomic E-state index is -0.401. The molecule has 0 fully saturated rings. The Morgan fingerprint density at radius 1 is 1.29 bits per heavy atom. The maximum Gasteiger partial charge on any atom is 0.270 e. The number of nitro benzene ring substituents is 1. The van der Waals surface area contributed by atoms with Crippen LogP contribution in [0, 0.1) is 17.0 Å². The number of nitro groups is 1. The molecule has 3 aromatic rings. The molecule has 0 spiro atoms. The Balaban J connectivity index is 2.01. The summed E-state index contributed by atoms with van der Waals surface area (Å²) in [7, 11) is 0. The first-order valence-corrected chi connectivity index (χ1v) is 7.14. The number of benzene rings is 1. The molecular weight excluding hydrogens is 286 g/mol. The normalized spacial score (nSPS) is 10.5. The third-order valence-corrected chi connectivity index (χ3v) is 4.00. The van der Waals surface area contributed by atoms with E-state index in [2.05, 4.69) is 9.97 Å². The summed E-state index contributed by atoms with van der Waals surface area (Å²) in [5.41, 5.74) is 3.64. The molecule has 3 rings (SSSR count). The van der Waals surface area contributed by atoms with E-state index in [-0.39, 0.29) is 5.69 Å². The number of hydrogen-bond donors (Lipinski definition) is 0. The Labute approximate surface area is 125 Å². The maximum atomic E-state index is 10.8. The van der Waals surface area contributed by atoms with Gasteiger partial charge in [-0.2, -0.15) is 0 Å². The number of rotatable bonds is 3. The van der Waals surface area contributed by atoms with Gasteiger partial charge in [0.15, 0.2) is 0 Å². The van der Waals surface area contributed by atoms with Crippen LogP contribution >= 0.6 is 11.3 Å². The Morgan fingerprint density at radius 3 is 2.90 bits per heavy atom. The second-order valence-corrected chi connectivity index (χ2v) is 5.39. The molecule has 104 valence electrons. The fraction of sp³-hybridized carbons (Fsp3) is 0.0667. The molecular formula is C15H11N3O2S. The van der Waals surface area contributed by atoms with Crippen LogP contribution in [0.1, 0.15) is 5.56 Å². The number of non-ortho nitro benzene ring substituents is 1. The van der Waals surface area contributed by atoms with Crippen molar-refractivity contribution in [2.45, 2.75) is 6.92 Å². The van der Waals surface area contributed by atoms with Crippen LogP contribution in [-0.2, 0) is 0 Å². The molecule has 0 bridgehead atoms. The van der Waals surface area contributed by atoms with Gasteiger partial charge in [-0.3, -0.25) is 15.1 Å². The number of aromatic nitrogens is 2. The van der Waals surface area contributed by atoms with Crippen molar-refractivity contribution in [3.8, 4) is 21.8 Å². The molecule has 0 aliphatic carbocycles. The highest BCUT2D eigenvalue weighted by Gasteiger charge is 2.11. The Morgan fingerprint density at radius 2 is 2.14 bits per heavy atom. The molecule has 5 nitrogen and oxygen atoms in total. The number of hydrogen-bond acceptors (Lipinski definition) is 5. The highest BCUT2D eigenvalue weighted by Crippen LogP contribution is 2.31. The molecule has 1 aromatic carbocycles. The second-order valence-electron chi connectivity index (χ2n) is 4.54. The van der Waals surface area contributed by atoms with Crippen LogP contribution in [0.25, 0.3) is 21.8 Å². The summed E-state index contributed by atoms with van der Waals surface area (Å²) in [6.45, 7) is 2.01. The minimum Gasteiger partial charge on any atom is -0.264 e. The van der Waals surface area contributed by atoms with E-state index >= 15 is 0 Å². The lowest BCUT2D eigenvalue weighted by molar-refractivity contribution is -0.384. The lowest BCUT2D eigenvalue weighted by Gasteiger charge is -2.00. The zero-order valence-corrected chi connectivity index (χ0v) is 12.0. The van der Waals surface area contributed by atoms with Gasteiger partial charge < -0.3 is 0 Å². The number of thiazole rings is 1. The van der Waals surface area contributed by atoms with Crippen LogP contribution in [-0.4, -0.2) is 14.9 Å². The van der Waals surface area contributed by atoms with Gasteiger partial charge >= 0.3 is 0 Å². The van der Waals surface area contributed by atoms with Crippen molar-refractivity contribution in [2.24, 2.45) is 0 Å². The van der Waals surface area contributed by atoms with Crippen molar-refractivity contribution in [3.05, 3.63) is 63.8 Å². The largest absolute Gasteiger partial charge is 0.270 e. The predicted octanol–water partition coefficient (Wildman–Crippen LogP) is 4.09. The number of nitrogens with zero attached hydrogens (tertiary/aromatic N) is 3. The van der Waals surface area contributed by atoms with Crippen LogP contribution in [0.4, 0.5) is 5.69 Å². The molecule has 0 radical (unpaired) electrons. The minimum absolute atomic E-state index is 0.0691. The van der Waals surface area contributed by atoms with Crippen molar-refractivity contribution in [1.29, 1.82) is 0 Å². The highest BCUT2D eigenvalue weighted by atomic mass is 32.1. The second kappa shape index (κ2) is 5.41. The van der Waals surface area contributed by atoms with Crippen molar-refractivity contribution in [3.63, 3.8) is 0 Å². The van der Waals surface area contributed by atoms with E-state index in [1.54, 1.807) is 18.5 Å². The van der Waals surface area contributed by atoms with Gasteiger partial charge in [-0.15, -0.1) is 11.3 Å². The SMILES string of the molecule is Cc1ccncc1-c1nc(-c2cccc([N+](=O)[O-])c2)cs1. The summed E-state index contributed by atoms with van der Waals surface area (Å²) in [6, 6.07) is 8.44. The van der Waals surface area contributed by atoms with E-state index in [1.165, 1.54) is 23.5 Å². The van der Waals surface area contributed by atoms with Gasteiger partial charge in [0.05, 0.1) is 10.6 Å². The van der Waals surface area contributed by atoms with Gasteiger partial charge in [0.2, 0.25) is 0 Å². The lowest BCUT2D eigenvalue weighted by atomic mass is 10.1. The molecule has 2 heterocycles. The molecule has 0 atom stereocenters. The Hall–Kier alpha value is -2.60. The number of aryl methyl sites for hydroxylation is 1. The first kappa shape index (κ1) is 13.4. The van der Waals surface area contributed by atoms with Crippen molar-refractivity contribution >= 4 is 17.0 Å². The summed E-state index contributed by atoms with van der Waals surface area (Å²) in [4.78, 5) is 19.1. The van der Waals surface area contributed by atoms with E-state index in [0.717, 1.165) is 27.4 Å². The van der Waals surface area contributed by atoms with E-state index in [9.17, 15) is 10.1 Å². The van der Waals surface area contributed by atoms with Gasteiger partial charge in [-0.1, -0.05) is 12.1 Å². The van der Waals surface area contributed by atoms with E-state index in [4.69, 9.17) is 0 Å². The van der Waals surface area contributed by atoms with Crippen LogP contribution in [0.5, 0.6) is 0 Å². The van der Waals surface area contributed by atoms with Crippen LogP contribution in [0.15, 0.2) is 48.1 Å². The van der Waals surface area contributed by atoms with Crippen LogP contribution in [0.2, 0.25) is 0 Å². The molecule has 0 amide bonds. The quantitative estimate of drug-likeness (QED) is 0.539. The predicted molar refractivity (Wildman–Crippen MR) is 82.2 cm³/mol. The molecule has 6 heteroatoms. The van der Waals surface area contributed by atoms with Crippen LogP contribution < -0.4 is 0 Å². The Bertz CT molecular complexity index is 814. The molecule has 21 heavy (non-hydrogen) atoms. The average molecular weight is 297 g/mol. The molecule has 2 aromatic heterocycles. The van der Waals surface area contributed by atoms with Gasteiger partial charge in [-0.05, 0) is 18.6 Å². The topological polar surface area (TPSA) is 68.9 Å². The van der Waals surface area contributed by atoms with Gasteiger partial charge in [0, 0.05) is 41.0 Å². The standard InChI is InChI=1S/C15H11N3O2S/c1-10-5-6-16-8-13(10)15-17-14(9-21-15)11-3-2-4-12(7-11)18(19)20/h2-9H,1H3. The third-order valence-electron chi connectivity index (χ3n) is 3.13. The van der Waals surface area contributed by atoms with Crippen molar-refractivity contribution in [1.82, 2.24) is 9.97 Å². The monoisotopic (exact) mass is 297 g/mol. The molecule has 0 unspecified atom stereocenters. The van der Waals surface area contributed by atoms with E-state index in [0.29, 0.717) is 0 Å².